The van der Waals surface area contributed by atoms with Gasteiger partial charge in [0.15, 0.2) is 0 Å². The van der Waals surface area contributed by atoms with E-state index in [2.05, 4.69) is 20.8 Å². The summed E-state index contributed by atoms with van der Waals surface area (Å²) >= 11 is 0. The van der Waals surface area contributed by atoms with E-state index < -0.39 is 0 Å². The molecule has 0 unspecified atom stereocenters. The maximum Gasteiger partial charge on any atom is 0.257 e. The van der Waals surface area contributed by atoms with Gasteiger partial charge >= 0.3 is 0 Å². The Bertz CT molecular complexity index is 913. The molecule has 1 aliphatic heterocycles. The van der Waals surface area contributed by atoms with Gasteiger partial charge in [-0.05, 0) is 23.8 Å². The van der Waals surface area contributed by atoms with E-state index in [1.165, 1.54) is 0 Å². The summed E-state index contributed by atoms with van der Waals surface area (Å²) in [4.78, 5) is 24.1. The minimum atomic E-state index is -0.242. The molecule has 1 aromatic heterocycles. The minimum absolute atomic E-state index is 0.109. The topological polar surface area (TPSA) is 86.9 Å². The zero-order valence-corrected chi connectivity index (χ0v) is 11.5. The Labute approximate surface area is 125 Å². The average Bonchev–Trinajstić information content (AvgIpc) is 3.14. The van der Waals surface area contributed by atoms with Crippen LogP contribution in [0.4, 0.5) is 5.69 Å². The van der Waals surface area contributed by atoms with Gasteiger partial charge in [0, 0.05) is 23.2 Å². The van der Waals surface area contributed by atoms with Crippen molar-refractivity contribution in [2.45, 2.75) is 6.54 Å². The number of rotatable bonds is 2. The number of nitrogens with zero attached hydrogens (tertiary/aromatic N) is 1. The van der Waals surface area contributed by atoms with Crippen LogP contribution in [0.5, 0.6) is 0 Å². The Morgan fingerprint density at radius 1 is 1.23 bits per heavy atom. The van der Waals surface area contributed by atoms with Crippen LogP contribution in [0.3, 0.4) is 0 Å². The van der Waals surface area contributed by atoms with Crippen LogP contribution >= 0.6 is 0 Å². The number of hydrogen-bond acceptors (Lipinski definition) is 3. The van der Waals surface area contributed by atoms with Crippen molar-refractivity contribution in [3.8, 4) is 0 Å². The number of anilines is 1. The van der Waals surface area contributed by atoms with Crippen LogP contribution < -0.4 is 10.6 Å². The molecular weight excluding hydrogens is 280 g/mol. The molecule has 0 saturated carbocycles. The van der Waals surface area contributed by atoms with E-state index in [-0.39, 0.29) is 11.8 Å². The zero-order valence-electron chi connectivity index (χ0n) is 11.5. The van der Waals surface area contributed by atoms with Crippen LogP contribution in [-0.4, -0.2) is 22.0 Å². The Balaban J connectivity index is 1.66. The van der Waals surface area contributed by atoms with Gasteiger partial charge in [0.2, 0.25) is 0 Å². The number of carbonyl (C=O) groups excluding carboxylic acids is 2. The number of amides is 2. The second kappa shape index (κ2) is 4.70. The third kappa shape index (κ3) is 1.93. The first kappa shape index (κ1) is 12.6. The number of H-pyrrole nitrogens is 1. The summed E-state index contributed by atoms with van der Waals surface area (Å²) in [5.41, 5.74) is 3.35. The Morgan fingerprint density at radius 3 is 3.05 bits per heavy atom. The number of benzene rings is 2. The van der Waals surface area contributed by atoms with E-state index in [0.717, 1.165) is 10.9 Å². The molecule has 0 aliphatic carbocycles. The van der Waals surface area contributed by atoms with Crippen molar-refractivity contribution in [3.63, 3.8) is 0 Å². The van der Waals surface area contributed by atoms with Gasteiger partial charge in [0.1, 0.15) is 0 Å². The second-order valence-electron chi connectivity index (χ2n) is 5.15. The molecule has 22 heavy (non-hydrogen) atoms. The van der Waals surface area contributed by atoms with Crippen molar-refractivity contribution in [3.05, 3.63) is 59.3 Å². The van der Waals surface area contributed by atoms with Crippen LogP contribution in [0.1, 0.15) is 26.3 Å². The van der Waals surface area contributed by atoms with Crippen molar-refractivity contribution >= 4 is 28.4 Å². The van der Waals surface area contributed by atoms with Gasteiger partial charge in [-0.3, -0.25) is 14.7 Å². The van der Waals surface area contributed by atoms with Crippen LogP contribution in [0, 0.1) is 0 Å². The fourth-order valence-corrected chi connectivity index (χ4v) is 2.65. The molecule has 6 nitrogen and oxygen atoms in total. The molecule has 2 amide bonds. The monoisotopic (exact) mass is 292 g/mol. The van der Waals surface area contributed by atoms with Gasteiger partial charge in [-0.25, -0.2) is 0 Å². The highest BCUT2D eigenvalue weighted by Crippen LogP contribution is 2.22. The van der Waals surface area contributed by atoms with Crippen LogP contribution in [0.25, 0.3) is 10.9 Å². The summed E-state index contributed by atoms with van der Waals surface area (Å²) < 4.78 is 0. The molecule has 0 saturated heterocycles. The molecule has 108 valence electrons. The number of nitrogens with one attached hydrogen (secondary N) is 3. The van der Waals surface area contributed by atoms with E-state index >= 15 is 0 Å². The maximum absolute atomic E-state index is 12.4. The molecule has 2 aromatic carbocycles. The third-order valence-corrected chi connectivity index (χ3v) is 3.77. The lowest BCUT2D eigenvalue weighted by Gasteiger charge is -2.07. The first-order valence-electron chi connectivity index (χ1n) is 6.87. The molecule has 6 heteroatoms. The van der Waals surface area contributed by atoms with E-state index in [4.69, 9.17) is 0 Å². The molecular formula is C16H12N4O2. The number of aromatic amines is 1. The predicted molar refractivity (Wildman–Crippen MR) is 81.7 cm³/mol. The second-order valence-corrected chi connectivity index (χ2v) is 5.15. The van der Waals surface area contributed by atoms with E-state index in [9.17, 15) is 9.59 Å². The SMILES string of the molecule is O=C1NCc2ccc(NC(=O)c3cccc4cn[nH]c34)cc21. The number of fused-ring (bicyclic) bond motifs is 2. The standard InChI is InChI=1S/C16H12N4O2/c21-15-13-6-11(5-4-9(13)7-17-15)19-16(22)12-3-1-2-10-8-18-20-14(10)12/h1-6,8H,7H2,(H,17,21)(H,18,20)(H,19,22). The number of para-hydroxylation sites is 1. The van der Waals surface area contributed by atoms with Crippen LogP contribution in [0.15, 0.2) is 42.6 Å². The van der Waals surface area contributed by atoms with E-state index in [0.29, 0.717) is 28.9 Å². The van der Waals surface area contributed by atoms with E-state index in [1.54, 1.807) is 24.4 Å². The van der Waals surface area contributed by atoms with Gasteiger partial charge in [-0.1, -0.05) is 18.2 Å². The molecule has 0 fully saturated rings. The average molecular weight is 292 g/mol. The van der Waals surface area contributed by atoms with Crippen molar-refractivity contribution in [2.75, 3.05) is 5.32 Å². The predicted octanol–water partition coefficient (Wildman–Crippen LogP) is 2.06. The molecule has 4 rings (SSSR count). The van der Waals surface area contributed by atoms with Crippen molar-refractivity contribution in [1.29, 1.82) is 0 Å². The summed E-state index contributed by atoms with van der Waals surface area (Å²) in [5, 5.41) is 13.2. The summed E-state index contributed by atoms with van der Waals surface area (Å²) in [6, 6.07) is 10.8. The van der Waals surface area contributed by atoms with Crippen LogP contribution in [-0.2, 0) is 6.54 Å². The highest BCUT2D eigenvalue weighted by molar-refractivity contribution is 6.12. The lowest BCUT2D eigenvalue weighted by atomic mass is 10.1. The number of aromatic nitrogens is 2. The normalized spacial score (nSPS) is 13.0. The number of carbonyl (C=O) groups is 2. The molecule has 1 aliphatic rings. The largest absolute Gasteiger partial charge is 0.348 e. The molecule has 2 heterocycles. The smallest absolute Gasteiger partial charge is 0.257 e. The van der Waals surface area contributed by atoms with Gasteiger partial charge < -0.3 is 10.6 Å². The molecule has 0 bridgehead atoms. The molecule has 3 N–H and O–H groups in total. The first-order chi connectivity index (χ1) is 10.7. The zero-order chi connectivity index (χ0) is 15.1. The van der Waals surface area contributed by atoms with E-state index in [1.807, 2.05) is 18.2 Å². The van der Waals surface area contributed by atoms with Gasteiger partial charge in [0.25, 0.3) is 11.8 Å². The fraction of sp³-hybridized carbons (Fsp3) is 0.0625. The summed E-state index contributed by atoms with van der Waals surface area (Å²) in [6.45, 7) is 0.538. The molecule has 0 atom stereocenters. The van der Waals surface area contributed by atoms with Gasteiger partial charge in [-0.2, -0.15) is 5.10 Å². The maximum atomic E-state index is 12.4. The van der Waals surface area contributed by atoms with Crippen molar-refractivity contribution in [2.24, 2.45) is 0 Å². The highest BCUT2D eigenvalue weighted by atomic mass is 16.2. The van der Waals surface area contributed by atoms with Gasteiger partial charge in [-0.15, -0.1) is 0 Å². The first-order valence-corrected chi connectivity index (χ1v) is 6.87. The lowest BCUT2D eigenvalue weighted by Crippen LogP contribution is -2.14. The fourth-order valence-electron chi connectivity index (χ4n) is 2.65. The summed E-state index contributed by atoms with van der Waals surface area (Å²) in [5.74, 6) is -0.352. The highest BCUT2D eigenvalue weighted by Gasteiger charge is 2.19. The minimum Gasteiger partial charge on any atom is -0.348 e. The Hall–Kier alpha value is -3.15. The summed E-state index contributed by atoms with van der Waals surface area (Å²) in [6.07, 6.45) is 1.67. The number of hydrogen-bond donors (Lipinski definition) is 3. The third-order valence-electron chi connectivity index (χ3n) is 3.77. The quantitative estimate of drug-likeness (QED) is 0.675. The van der Waals surface area contributed by atoms with Crippen molar-refractivity contribution < 1.29 is 9.59 Å². The molecule has 0 radical (unpaired) electrons. The Kier molecular flexibility index (Phi) is 2.69. The summed E-state index contributed by atoms with van der Waals surface area (Å²) in [7, 11) is 0. The van der Waals surface area contributed by atoms with Crippen LogP contribution in [0.2, 0.25) is 0 Å². The lowest BCUT2D eigenvalue weighted by molar-refractivity contribution is 0.0964. The van der Waals surface area contributed by atoms with Gasteiger partial charge in [0.05, 0.1) is 17.3 Å². The molecule has 3 aromatic rings. The van der Waals surface area contributed by atoms with Crippen molar-refractivity contribution in [1.82, 2.24) is 15.5 Å². The molecule has 0 spiro atoms. The Morgan fingerprint density at radius 2 is 2.14 bits per heavy atom.